The van der Waals surface area contributed by atoms with Crippen LogP contribution in [-0.4, -0.2) is 50.3 Å². The summed E-state index contributed by atoms with van der Waals surface area (Å²) in [7, 11) is -3.37. The van der Waals surface area contributed by atoms with Gasteiger partial charge in [-0.05, 0) is 49.7 Å². The number of benzene rings is 2. The monoisotopic (exact) mass is 517 g/mol. The molecule has 1 aliphatic heterocycles. The highest BCUT2D eigenvalue weighted by Crippen LogP contribution is 2.34. The number of hydrogen-bond acceptors (Lipinski definition) is 7. The molecule has 3 heterocycles. The van der Waals surface area contributed by atoms with Crippen molar-refractivity contribution in [2.75, 3.05) is 41.0 Å². The number of pyridine rings is 1. The van der Waals surface area contributed by atoms with E-state index in [0.29, 0.717) is 35.1 Å². The molecule has 1 aliphatic rings. The number of carbonyl (C=O) groups is 1. The molecule has 10 heteroatoms. The van der Waals surface area contributed by atoms with Crippen LogP contribution >= 0.6 is 0 Å². The largest absolute Gasteiger partial charge is 0.444 e. The molecule has 190 valence electrons. The molecule has 37 heavy (non-hydrogen) atoms. The Hall–Kier alpha value is -4.18. The standard InChI is InChI=1S/C27H27N5O4S/c1-3-31-13-6-14-32(27(33)29-21-9-4-8-20(15-21)25-17-28-18-36-25)26-24(31)12-11-23(30-26)19-7-5-10-22(16-19)37(2,34)35/h4-5,7-12,15-18H,3,6,13-14H2,1-2H3,(H,29,33). The predicted octanol–water partition coefficient (Wildman–Crippen LogP) is 5.08. The number of amides is 2. The van der Waals surface area contributed by atoms with Gasteiger partial charge in [-0.15, -0.1) is 0 Å². The topological polar surface area (TPSA) is 109 Å². The summed E-state index contributed by atoms with van der Waals surface area (Å²) < 4.78 is 29.6. The van der Waals surface area contributed by atoms with Gasteiger partial charge in [0, 0.05) is 42.7 Å². The van der Waals surface area contributed by atoms with Crippen molar-refractivity contribution in [2.45, 2.75) is 18.2 Å². The lowest BCUT2D eigenvalue weighted by atomic mass is 10.1. The number of carbonyl (C=O) groups excluding carboxylic acids is 1. The molecule has 2 aromatic heterocycles. The second-order valence-electron chi connectivity index (χ2n) is 8.80. The molecule has 2 aromatic carbocycles. The number of anilines is 3. The molecular formula is C27H27N5O4S. The Labute approximate surface area is 215 Å². The molecule has 9 nitrogen and oxygen atoms in total. The van der Waals surface area contributed by atoms with Gasteiger partial charge < -0.3 is 14.6 Å². The van der Waals surface area contributed by atoms with E-state index >= 15 is 0 Å². The van der Waals surface area contributed by atoms with E-state index in [-0.39, 0.29) is 10.9 Å². The van der Waals surface area contributed by atoms with Crippen LogP contribution in [0.3, 0.4) is 0 Å². The van der Waals surface area contributed by atoms with Crippen molar-refractivity contribution >= 4 is 33.1 Å². The zero-order valence-electron chi connectivity index (χ0n) is 20.6. The SMILES string of the molecule is CCN1CCCN(C(=O)Nc2cccc(-c3cnco3)c2)c2nc(-c3cccc(S(C)(=O)=O)c3)ccc21. The average Bonchev–Trinajstić information content (AvgIpc) is 3.37. The zero-order valence-corrected chi connectivity index (χ0v) is 21.4. The van der Waals surface area contributed by atoms with Gasteiger partial charge in [0.05, 0.1) is 22.5 Å². The van der Waals surface area contributed by atoms with Crippen molar-refractivity contribution in [3.8, 4) is 22.6 Å². The fraction of sp³-hybridized carbons (Fsp3) is 0.222. The maximum atomic E-state index is 13.6. The van der Waals surface area contributed by atoms with Gasteiger partial charge in [-0.2, -0.15) is 0 Å². The first-order valence-electron chi connectivity index (χ1n) is 12.0. The third-order valence-electron chi connectivity index (χ3n) is 6.28. The molecule has 2 amide bonds. The molecular weight excluding hydrogens is 490 g/mol. The van der Waals surface area contributed by atoms with Gasteiger partial charge in [-0.1, -0.05) is 24.3 Å². The highest BCUT2D eigenvalue weighted by Gasteiger charge is 2.27. The number of fused-ring (bicyclic) bond motifs is 1. The first-order chi connectivity index (χ1) is 17.8. The minimum Gasteiger partial charge on any atom is -0.444 e. The molecule has 0 spiro atoms. The Morgan fingerprint density at radius 1 is 1.05 bits per heavy atom. The lowest BCUT2D eigenvalue weighted by molar-refractivity contribution is 0.257. The van der Waals surface area contributed by atoms with E-state index in [1.54, 1.807) is 29.3 Å². The van der Waals surface area contributed by atoms with Crippen LogP contribution in [0.25, 0.3) is 22.6 Å². The predicted molar refractivity (Wildman–Crippen MR) is 144 cm³/mol. The Morgan fingerprint density at radius 3 is 2.62 bits per heavy atom. The molecule has 0 saturated heterocycles. The maximum Gasteiger partial charge on any atom is 0.327 e. The first kappa shape index (κ1) is 24.5. The number of hydrogen-bond donors (Lipinski definition) is 1. The summed E-state index contributed by atoms with van der Waals surface area (Å²) in [6.45, 7) is 4.11. The van der Waals surface area contributed by atoms with Gasteiger partial charge in [0.2, 0.25) is 0 Å². The van der Waals surface area contributed by atoms with Crippen molar-refractivity contribution in [2.24, 2.45) is 0 Å². The summed E-state index contributed by atoms with van der Waals surface area (Å²) in [6, 6.07) is 17.6. The molecule has 5 rings (SSSR count). The zero-order chi connectivity index (χ0) is 26.0. The third-order valence-corrected chi connectivity index (χ3v) is 7.39. The number of urea groups is 1. The Balaban J connectivity index is 1.50. The van der Waals surface area contributed by atoms with Gasteiger partial charge in [-0.25, -0.2) is 23.2 Å². The molecule has 0 saturated carbocycles. The van der Waals surface area contributed by atoms with Crippen molar-refractivity contribution in [1.29, 1.82) is 0 Å². The fourth-order valence-electron chi connectivity index (χ4n) is 4.41. The Bertz CT molecular complexity index is 1540. The first-order valence-corrected chi connectivity index (χ1v) is 13.9. The van der Waals surface area contributed by atoms with Crippen LogP contribution in [0.4, 0.5) is 22.0 Å². The molecule has 0 fully saturated rings. The highest BCUT2D eigenvalue weighted by atomic mass is 32.2. The summed E-state index contributed by atoms with van der Waals surface area (Å²) >= 11 is 0. The average molecular weight is 518 g/mol. The van der Waals surface area contributed by atoms with Crippen LogP contribution in [0.5, 0.6) is 0 Å². The number of aromatic nitrogens is 2. The Morgan fingerprint density at radius 2 is 1.86 bits per heavy atom. The molecule has 0 aliphatic carbocycles. The van der Waals surface area contributed by atoms with Crippen LogP contribution in [0.1, 0.15) is 13.3 Å². The number of oxazole rings is 1. The summed E-state index contributed by atoms with van der Waals surface area (Å²) in [5, 5.41) is 2.99. The molecule has 0 atom stereocenters. The summed E-state index contributed by atoms with van der Waals surface area (Å²) in [4.78, 5) is 26.4. The maximum absolute atomic E-state index is 13.6. The van der Waals surface area contributed by atoms with Crippen molar-refractivity contribution in [3.05, 3.63) is 73.3 Å². The normalized spacial score (nSPS) is 13.7. The van der Waals surface area contributed by atoms with E-state index in [1.165, 1.54) is 12.6 Å². The minimum atomic E-state index is -3.37. The van der Waals surface area contributed by atoms with Crippen LogP contribution in [0.2, 0.25) is 0 Å². The van der Waals surface area contributed by atoms with E-state index in [9.17, 15) is 13.2 Å². The smallest absolute Gasteiger partial charge is 0.327 e. The number of nitrogens with zero attached hydrogens (tertiary/aromatic N) is 4. The second-order valence-corrected chi connectivity index (χ2v) is 10.8. The van der Waals surface area contributed by atoms with Gasteiger partial charge in [0.15, 0.2) is 27.8 Å². The summed E-state index contributed by atoms with van der Waals surface area (Å²) in [5.41, 5.74) is 3.53. The van der Waals surface area contributed by atoms with E-state index in [1.807, 2.05) is 42.5 Å². The quantitative estimate of drug-likeness (QED) is 0.393. The summed E-state index contributed by atoms with van der Waals surface area (Å²) in [5.74, 6) is 1.14. The second kappa shape index (κ2) is 10.1. The van der Waals surface area contributed by atoms with Crippen LogP contribution < -0.4 is 15.1 Å². The van der Waals surface area contributed by atoms with Gasteiger partial charge in [0.25, 0.3) is 0 Å². The van der Waals surface area contributed by atoms with Crippen molar-refractivity contribution in [1.82, 2.24) is 9.97 Å². The van der Waals surface area contributed by atoms with Crippen LogP contribution in [0, 0.1) is 0 Å². The van der Waals surface area contributed by atoms with Gasteiger partial charge in [0.1, 0.15) is 0 Å². The van der Waals surface area contributed by atoms with E-state index < -0.39 is 9.84 Å². The highest BCUT2D eigenvalue weighted by molar-refractivity contribution is 7.90. The number of sulfone groups is 1. The van der Waals surface area contributed by atoms with Crippen LogP contribution in [0.15, 0.2) is 82.6 Å². The van der Waals surface area contributed by atoms with E-state index in [0.717, 1.165) is 30.8 Å². The lowest BCUT2D eigenvalue weighted by Crippen LogP contribution is -2.36. The van der Waals surface area contributed by atoms with Crippen molar-refractivity contribution in [3.63, 3.8) is 0 Å². The number of nitrogens with one attached hydrogen (secondary N) is 1. The van der Waals surface area contributed by atoms with Gasteiger partial charge >= 0.3 is 6.03 Å². The fourth-order valence-corrected chi connectivity index (χ4v) is 5.07. The molecule has 4 aromatic rings. The van der Waals surface area contributed by atoms with E-state index in [2.05, 4.69) is 22.1 Å². The summed E-state index contributed by atoms with van der Waals surface area (Å²) in [6.07, 6.45) is 4.94. The molecule has 0 bridgehead atoms. The molecule has 1 N–H and O–H groups in total. The third kappa shape index (κ3) is 5.19. The Kier molecular flexibility index (Phi) is 6.66. The minimum absolute atomic E-state index is 0.221. The number of rotatable bonds is 5. The van der Waals surface area contributed by atoms with Gasteiger partial charge in [-0.3, -0.25) is 4.90 Å². The molecule has 0 radical (unpaired) electrons. The lowest BCUT2D eigenvalue weighted by Gasteiger charge is -2.25. The van der Waals surface area contributed by atoms with Crippen LogP contribution in [-0.2, 0) is 9.84 Å². The van der Waals surface area contributed by atoms with E-state index in [4.69, 9.17) is 9.40 Å². The molecule has 0 unspecified atom stereocenters. The van der Waals surface area contributed by atoms with Crippen molar-refractivity contribution < 1.29 is 17.6 Å².